The van der Waals surface area contributed by atoms with Crippen LogP contribution in [0.1, 0.15) is 11.4 Å². The molecule has 1 aromatic carbocycles. The van der Waals surface area contributed by atoms with Gasteiger partial charge in [0.25, 0.3) is 5.56 Å². The minimum atomic E-state index is -0.246. The van der Waals surface area contributed by atoms with Crippen LogP contribution in [0.25, 0.3) is 0 Å². The van der Waals surface area contributed by atoms with Crippen LogP contribution in [0.4, 0.5) is 5.69 Å². The number of carbonyl (C=O) groups is 1. The summed E-state index contributed by atoms with van der Waals surface area (Å²) in [5.74, 6) is 0.277. The number of benzene rings is 1. The van der Waals surface area contributed by atoms with E-state index in [0.717, 1.165) is 11.3 Å². The van der Waals surface area contributed by atoms with E-state index in [4.69, 9.17) is 0 Å². The third-order valence-electron chi connectivity index (χ3n) is 2.81. The average Bonchev–Trinajstić information content (AvgIpc) is 2.39. The number of halogens is 1. The van der Waals surface area contributed by atoms with Crippen LogP contribution >= 0.6 is 22.6 Å². The molecule has 1 heterocycles. The predicted molar refractivity (Wildman–Crippen MR) is 85.8 cm³/mol. The molecule has 104 valence electrons. The lowest BCUT2D eigenvalue weighted by atomic mass is 10.2. The standard InChI is InChI=1S/C14H14IN3O2/c1-9-4-3-5-11(6-9)17-13(19)8-18-10(2)16-7-12(15)14(18)20/h3-7H,8H2,1-2H3,(H,17,19). The van der Waals surface area contributed by atoms with Crippen molar-refractivity contribution in [2.45, 2.75) is 20.4 Å². The third kappa shape index (κ3) is 3.44. The maximum absolute atomic E-state index is 12.0. The Morgan fingerprint density at radius 3 is 2.85 bits per heavy atom. The lowest BCUT2D eigenvalue weighted by Crippen LogP contribution is -2.31. The monoisotopic (exact) mass is 383 g/mol. The minimum absolute atomic E-state index is 0.0392. The lowest BCUT2D eigenvalue weighted by molar-refractivity contribution is -0.116. The van der Waals surface area contributed by atoms with Crippen molar-refractivity contribution in [3.63, 3.8) is 0 Å². The van der Waals surface area contributed by atoms with Gasteiger partial charge in [-0.1, -0.05) is 12.1 Å². The van der Waals surface area contributed by atoms with E-state index in [9.17, 15) is 9.59 Å². The summed E-state index contributed by atoms with van der Waals surface area (Å²) in [7, 11) is 0. The molecule has 1 aromatic heterocycles. The predicted octanol–water partition coefficient (Wildman–Crippen LogP) is 2.10. The van der Waals surface area contributed by atoms with Crippen molar-refractivity contribution in [1.82, 2.24) is 9.55 Å². The van der Waals surface area contributed by atoms with Gasteiger partial charge in [0, 0.05) is 11.9 Å². The van der Waals surface area contributed by atoms with Crippen molar-refractivity contribution in [2.24, 2.45) is 0 Å². The molecular weight excluding hydrogens is 369 g/mol. The lowest BCUT2D eigenvalue weighted by Gasteiger charge is -2.10. The van der Waals surface area contributed by atoms with Gasteiger partial charge in [-0.25, -0.2) is 4.98 Å². The van der Waals surface area contributed by atoms with Gasteiger partial charge in [0.05, 0.1) is 3.57 Å². The molecule has 1 amide bonds. The smallest absolute Gasteiger partial charge is 0.267 e. The van der Waals surface area contributed by atoms with Gasteiger partial charge < -0.3 is 5.32 Å². The molecule has 2 aromatic rings. The van der Waals surface area contributed by atoms with Gasteiger partial charge in [-0.05, 0) is 54.1 Å². The van der Waals surface area contributed by atoms with Crippen LogP contribution in [0.15, 0.2) is 35.3 Å². The molecule has 6 heteroatoms. The van der Waals surface area contributed by atoms with Crippen LogP contribution in [-0.4, -0.2) is 15.5 Å². The Bertz CT molecular complexity index is 710. The van der Waals surface area contributed by atoms with Crippen molar-refractivity contribution in [1.29, 1.82) is 0 Å². The topological polar surface area (TPSA) is 64.0 Å². The van der Waals surface area contributed by atoms with Gasteiger partial charge in [0.15, 0.2) is 0 Å². The zero-order valence-electron chi connectivity index (χ0n) is 11.2. The summed E-state index contributed by atoms with van der Waals surface area (Å²) in [5, 5.41) is 2.78. The Kier molecular flexibility index (Phi) is 4.53. The van der Waals surface area contributed by atoms with Gasteiger partial charge in [-0.2, -0.15) is 0 Å². The van der Waals surface area contributed by atoms with Crippen LogP contribution in [0.5, 0.6) is 0 Å². The molecule has 2 rings (SSSR count). The first-order chi connectivity index (χ1) is 9.47. The number of nitrogens with one attached hydrogen (secondary N) is 1. The Hall–Kier alpha value is -1.70. The SMILES string of the molecule is Cc1cccc(NC(=O)Cn2c(C)ncc(I)c2=O)c1. The molecular formula is C14H14IN3O2. The second-order valence-electron chi connectivity index (χ2n) is 4.46. The van der Waals surface area contributed by atoms with Crippen LogP contribution < -0.4 is 10.9 Å². The molecule has 1 N–H and O–H groups in total. The summed E-state index contributed by atoms with van der Waals surface area (Å²) in [6.45, 7) is 3.62. The highest BCUT2D eigenvalue weighted by Gasteiger charge is 2.10. The summed E-state index contributed by atoms with van der Waals surface area (Å²) in [6, 6.07) is 7.51. The van der Waals surface area contributed by atoms with E-state index in [1.807, 2.05) is 53.8 Å². The van der Waals surface area contributed by atoms with E-state index in [2.05, 4.69) is 10.3 Å². The maximum Gasteiger partial charge on any atom is 0.267 e. The van der Waals surface area contributed by atoms with E-state index in [1.165, 1.54) is 10.8 Å². The molecule has 20 heavy (non-hydrogen) atoms. The van der Waals surface area contributed by atoms with Gasteiger partial charge in [-0.15, -0.1) is 0 Å². The van der Waals surface area contributed by atoms with Gasteiger partial charge in [0.1, 0.15) is 12.4 Å². The molecule has 0 aliphatic rings. The summed E-state index contributed by atoms with van der Waals surface area (Å²) >= 11 is 1.91. The van der Waals surface area contributed by atoms with Crippen LogP contribution in [0, 0.1) is 17.4 Å². The number of rotatable bonds is 3. The highest BCUT2D eigenvalue weighted by Crippen LogP contribution is 2.09. The van der Waals surface area contributed by atoms with Crippen molar-refractivity contribution in [3.8, 4) is 0 Å². The van der Waals surface area contributed by atoms with Gasteiger partial charge in [0.2, 0.25) is 5.91 Å². The van der Waals surface area contributed by atoms with E-state index >= 15 is 0 Å². The number of aryl methyl sites for hydroxylation is 2. The number of hydrogen-bond donors (Lipinski definition) is 1. The molecule has 0 atom stereocenters. The Morgan fingerprint density at radius 1 is 1.40 bits per heavy atom. The van der Waals surface area contributed by atoms with E-state index < -0.39 is 0 Å². The summed E-state index contributed by atoms with van der Waals surface area (Å²) in [5.41, 5.74) is 1.59. The quantitative estimate of drug-likeness (QED) is 0.826. The largest absolute Gasteiger partial charge is 0.325 e. The molecule has 0 aliphatic carbocycles. The highest BCUT2D eigenvalue weighted by atomic mass is 127. The van der Waals surface area contributed by atoms with Crippen molar-refractivity contribution >= 4 is 34.2 Å². The van der Waals surface area contributed by atoms with E-state index in [0.29, 0.717) is 9.39 Å². The highest BCUT2D eigenvalue weighted by molar-refractivity contribution is 14.1. The number of nitrogens with zero attached hydrogens (tertiary/aromatic N) is 2. The van der Waals surface area contributed by atoms with Crippen LogP contribution in [0.2, 0.25) is 0 Å². The first kappa shape index (κ1) is 14.7. The second kappa shape index (κ2) is 6.17. The first-order valence-corrected chi connectivity index (χ1v) is 7.13. The fourth-order valence-corrected chi connectivity index (χ4v) is 2.23. The van der Waals surface area contributed by atoms with E-state index in [1.54, 1.807) is 6.92 Å². The van der Waals surface area contributed by atoms with Crippen molar-refractivity contribution in [3.05, 3.63) is 55.8 Å². The molecule has 0 aliphatic heterocycles. The fourth-order valence-electron chi connectivity index (χ4n) is 1.80. The molecule has 5 nitrogen and oxygen atoms in total. The van der Waals surface area contributed by atoms with Gasteiger partial charge >= 0.3 is 0 Å². The molecule has 0 radical (unpaired) electrons. The maximum atomic E-state index is 12.0. The zero-order valence-corrected chi connectivity index (χ0v) is 13.3. The fraction of sp³-hybridized carbons (Fsp3) is 0.214. The first-order valence-electron chi connectivity index (χ1n) is 6.06. The van der Waals surface area contributed by atoms with Crippen LogP contribution in [-0.2, 0) is 11.3 Å². The van der Waals surface area contributed by atoms with E-state index in [-0.39, 0.29) is 18.0 Å². The average molecular weight is 383 g/mol. The minimum Gasteiger partial charge on any atom is -0.325 e. The Labute approximate surface area is 130 Å². The summed E-state index contributed by atoms with van der Waals surface area (Å²) in [6.07, 6.45) is 1.51. The zero-order chi connectivity index (χ0) is 14.7. The van der Waals surface area contributed by atoms with Crippen molar-refractivity contribution < 1.29 is 4.79 Å². The van der Waals surface area contributed by atoms with Gasteiger partial charge in [-0.3, -0.25) is 14.2 Å². The Morgan fingerprint density at radius 2 is 2.15 bits per heavy atom. The number of anilines is 1. The number of hydrogen-bond acceptors (Lipinski definition) is 3. The second-order valence-corrected chi connectivity index (χ2v) is 5.62. The molecule has 0 saturated carbocycles. The van der Waals surface area contributed by atoms with Crippen molar-refractivity contribution in [2.75, 3.05) is 5.32 Å². The normalized spacial score (nSPS) is 10.3. The third-order valence-corrected chi connectivity index (χ3v) is 3.55. The summed E-state index contributed by atoms with van der Waals surface area (Å²) < 4.78 is 1.86. The number of amides is 1. The van der Waals surface area contributed by atoms with Crippen LogP contribution in [0.3, 0.4) is 0 Å². The molecule has 0 fully saturated rings. The Balaban J connectivity index is 2.17. The number of aromatic nitrogens is 2. The molecule has 0 saturated heterocycles. The summed E-state index contributed by atoms with van der Waals surface area (Å²) in [4.78, 5) is 28.1. The molecule has 0 bridgehead atoms. The number of carbonyl (C=O) groups excluding carboxylic acids is 1. The molecule has 0 unspecified atom stereocenters. The molecule has 0 spiro atoms.